The second-order valence-corrected chi connectivity index (χ2v) is 9.91. The second kappa shape index (κ2) is 12.4. The summed E-state index contributed by atoms with van der Waals surface area (Å²) in [5.74, 6) is 0.390. The molecule has 0 spiro atoms. The molecule has 2 heterocycles. The minimum absolute atomic E-state index is 0.152. The van der Waals surface area contributed by atoms with E-state index < -0.39 is 0 Å². The molecule has 0 N–H and O–H groups in total. The molecule has 2 aromatic rings. The maximum atomic E-state index is 13.3. The van der Waals surface area contributed by atoms with Gasteiger partial charge in [-0.3, -0.25) is 19.4 Å². The molecular weight excluding hydrogens is 443 g/mol. The zero-order chi connectivity index (χ0) is 24.6. The van der Waals surface area contributed by atoms with Crippen molar-refractivity contribution in [2.45, 2.75) is 58.5 Å². The number of carbonyl (C=O) groups excluding carboxylic acids is 2. The Morgan fingerprint density at radius 2 is 1.77 bits per heavy atom. The van der Waals surface area contributed by atoms with Crippen LogP contribution in [0.15, 0.2) is 42.5 Å². The Hall–Kier alpha value is -2.57. The molecule has 0 aliphatic carbocycles. The van der Waals surface area contributed by atoms with Gasteiger partial charge >= 0.3 is 5.97 Å². The number of benzene rings is 2. The lowest BCUT2D eigenvalue weighted by molar-refractivity contribution is -0.144. The monoisotopic (exact) mass is 480 g/mol. The molecule has 0 unspecified atom stereocenters. The third-order valence-electron chi connectivity index (χ3n) is 7.31. The fraction of sp³-hybridized carbons (Fsp3) is 0.517. The Balaban J connectivity index is 1.28. The first kappa shape index (κ1) is 25.5. The Kier molecular flexibility index (Phi) is 9.05. The number of halogens is 1. The van der Waals surface area contributed by atoms with Gasteiger partial charge in [-0.25, -0.2) is 4.39 Å². The largest absolute Gasteiger partial charge is 0.465 e. The number of nitrogens with zero attached hydrogens (tertiary/aromatic N) is 2. The molecule has 0 saturated carbocycles. The molecule has 2 aliphatic heterocycles. The van der Waals surface area contributed by atoms with Crippen molar-refractivity contribution in [1.29, 1.82) is 0 Å². The number of esters is 1. The summed E-state index contributed by atoms with van der Waals surface area (Å²) >= 11 is 0. The van der Waals surface area contributed by atoms with Gasteiger partial charge in [-0.15, -0.1) is 0 Å². The van der Waals surface area contributed by atoms with Crippen LogP contribution in [0.5, 0.6) is 0 Å². The first-order valence-electron chi connectivity index (χ1n) is 13.0. The van der Waals surface area contributed by atoms with Gasteiger partial charge < -0.3 is 4.74 Å². The molecule has 2 aromatic carbocycles. The number of piperidine rings is 1. The summed E-state index contributed by atoms with van der Waals surface area (Å²) in [6.45, 7) is 6.99. The number of hydrogen-bond donors (Lipinski definition) is 0. The van der Waals surface area contributed by atoms with Crippen LogP contribution in [0.4, 0.5) is 4.39 Å². The minimum atomic E-state index is -0.208. The molecule has 0 radical (unpaired) electrons. The number of ketones is 1. The van der Waals surface area contributed by atoms with Crippen molar-refractivity contribution >= 4 is 11.8 Å². The summed E-state index contributed by atoms with van der Waals surface area (Å²) < 4.78 is 18.3. The van der Waals surface area contributed by atoms with Crippen molar-refractivity contribution in [2.75, 3.05) is 32.8 Å². The number of ether oxygens (including phenoxy) is 1. The van der Waals surface area contributed by atoms with E-state index in [4.69, 9.17) is 4.74 Å². The molecule has 1 fully saturated rings. The number of carbonyl (C=O) groups is 2. The van der Waals surface area contributed by atoms with Crippen LogP contribution in [-0.4, -0.2) is 54.3 Å². The highest BCUT2D eigenvalue weighted by atomic mass is 19.1. The van der Waals surface area contributed by atoms with Crippen LogP contribution >= 0.6 is 0 Å². The fourth-order valence-electron chi connectivity index (χ4n) is 5.29. The summed E-state index contributed by atoms with van der Waals surface area (Å²) in [5.41, 5.74) is 4.49. The van der Waals surface area contributed by atoms with E-state index in [-0.39, 0.29) is 17.6 Å². The van der Waals surface area contributed by atoms with Crippen LogP contribution in [0.3, 0.4) is 0 Å². The number of fused-ring (bicyclic) bond motifs is 1. The topological polar surface area (TPSA) is 49.9 Å². The maximum Gasteiger partial charge on any atom is 0.320 e. The number of likely N-dealkylation sites (tertiary alicyclic amines) is 1. The predicted molar refractivity (Wildman–Crippen MR) is 135 cm³/mol. The van der Waals surface area contributed by atoms with Crippen LogP contribution in [0, 0.1) is 11.7 Å². The standard InChI is InChI=1S/C29H37FN2O3/c1-2-35-29(34)21-31-16-13-22(14-17-31)7-12-28(33)25-9-8-24-4-3-15-32(20-26(24)18-25)19-23-5-10-27(30)11-6-23/h5-6,8-11,18,22H,2-4,7,12-17,19-21H2,1H3. The van der Waals surface area contributed by atoms with Crippen molar-refractivity contribution in [3.63, 3.8) is 0 Å². The second-order valence-electron chi connectivity index (χ2n) is 9.91. The number of rotatable bonds is 9. The lowest BCUT2D eigenvalue weighted by Gasteiger charge is -2.31. The molecule has 1 saturated heterocycles. The Morgan fingerprint density at radius 1 is 1.00 bits per heavy atom. The van der Waals surface area contributed by atoms with E-state index in [1.54, 1.807) is 0 Å². The predicted octanol–water partition coefficient (Wildman–Crippen LogP) is 5.01. The molecule has 6 heteroatoms. The first-order chi connectivity index (χ1) is 17.0. The van der Waals surface area contributed by atoms with Gasteiger partial charge in [0.2, 0.25) is 0 Å². The van der Waals surface area contributed by atoms with Crippen molar-refractivity contribution in [3.05, 3.63) is 70.5 Å². The van der Waals surface area contributed by atoms with Crippen molar-refractivity contribution in [2.24, 2.45) is 5.92 Å². The molecule has 2 aliphatic rings. The lowest BCUT2D eigenvalue weighted by atomic mass is 9.89. The van der Waals surface area contributed by atoms with Gasteiger partial charge in [0.15, 0.2) is 5.78 Å². The van der Waals surface area contributed by atoms with E-state index in [0.717, 1.165) is 76.0 Å². The highest BCUT2D eigenvalue weighted by Crippen LogP contribution is 2.25. The average molecular weight is 481 g/mol. The smallest absolute Gasteiger partial charge is 0.320 e. The highest BCUT2D eigenvalue weighted by molar-refractivity contribution is 5.96. The van der Waals surface area contributed by atoms with E-state index in [1.807, 2.05) is 25.1 Å². The molecule has 0 aromatic heterocycles. The van der Waals surface area contributed by atoms with E-state index in [1.165, 1.54) is 23.3 Å². The van der Waals surface area contributed by atoms with Gasteiger partial charge in [0.25, 0.3) is 0 Å². The quantitative estimate of drug-likeness (QED) is 0.373. The zero-order valence-corrected chi connectivity index (χ0v) is 20.8. The molecular formula is C29H37FN2O3. The Morgan fingerprint density at radius 3 is 2.51 bits per heavy atom. The average Bonchev–Trinajstić information content (AvgIpc) is 3.06. The molecule has 4 rings (SSSR count). The van der Waals surface area contributed by atoms with Gasteiger partial charge in [-0.1, -0.05) is 24.3 Å². The van der Waals surface area contributed by atoms with E-state index in [0.29, 0.717) is 25.5 Å². The van der Waals surface area contributed by atoms with Gasteiger partial charge in [-0.2, -0.15) is 0 Å². The summed E-state index contributed by atoms with van der Waals surface area (Å²) in [5, 5.41) is 0. The molecule has 35 heavy (non-hydrogen) atoms. The summed E-state index contributed by atoms with van der Waals surface area (Å²) in [6, 6.07) is 13.0. The molecule has 188 valence electrons. The maximum absolute atomic E-state index is 13.3. The molecule has 0 atom stereocenters. The first-order valence-corrected chi connectivity index (χ1v) is 13.0. The van der Waals surface area contributed by atoms with E-state index in [2.05, 4.69) is 21.9 Å². The van der Waals surface area contributed by atoms with Gasteiger partial charge in [0.05, 0.1) is 13.2 Å². The van der Waals surface area contributed by atoms with Gasteiger partial charge in [0.1, 0.15) is 5.82 Å². The number of Topliss-reactive ketones (excluding diaryl/α,β-unsaturated/α-hetero) is 1. The van der Waals surface area contributed by atoms with Crippen LogP contribution in [0.2, 0.25) is 0 Å². The van der Waals surface area contributed by atoms with Gasteiger partial charge in [-0.05, 0) is 99.5 Å². The summed E-state index contributed by atoms with van der Waals surface area (Å²) in [7, 11) is 0. The summed E-state index contributed by atoms with van der Waals surface area (Å²) in [4.78, 5) is 29.3. The van der Waals surface area contributed by atoms with E-state index >= 15 is 0 Å². The fourth-order valence-corrected chi connectivity index (χ4v) is 5.29. The van der Waals surface area contributed by atoms with Crippen molar-refractivity contribution in [3.8, 4) is 0 Å². The minimum Gasteiger partial charge on any atom is -0.465 e. The van der Waals surface area contributed by atoms with Gasteiger partial charge in [0, 0.05) is 25.1 Å². The Bertz CT molecular complexity index is 999. The molecule has 0 bridgehead atoms. The SMILES string of the molecule is CCOC(=O)CN1CCC(CCC(=O)c2ccc3c(c2)CN(Cc2ccc(F)cc2)CCC3)CC1. The van der Waals surface area contributed by atoms with E-state index in [9.17, 15) is 14.0 Å². The number of aryl methyl sites for hydroxylation is 1. The summed E-state index contributed by atoms with van der Waals surface area (Å²) in [6.07, 6.45) is 5.62. The Labute approximate surface area is 208 Å². The van der Waals surface area contributed by atoms with Crippen LogP contribution < -0.4 is 0 Å². The van der Waals surface area contributed by atoms with Crippen molar-refractivity contribution in [1.82, 2.24) is 9.80 Å². The van der Waals surface area contributed by atoms with Crippen LogP contribution in [-0.2, 0) is 29.0 Å². The van der Waals surface area contributed by atoms with Crippen LogP contribution in [0.25, 0.3) is 0 Å². The number of hydrogen-bond acceptors (Lipinski definition) is 5. The normalized spacial score (nSPS) is 17.5. The third kappa shape index (κ3) is 7.45. The third-order valence-corrected chi connectivity index (χ3v) is 7.31. The highest BCUT2D eigenvalue weighted by Gasteiger charge is 2.23. The molecule has 0 amide bonds. The zero-order valence-electron chi connectivity index (χ0n) is 20.8. The van der Waals surface area contributed by atoms with Crippen molar-refractivity contribution < 1.29 is 18.7 Å². The lowest BCUT2D eigenvalue weighted by Crippen LogP contribution is -2.38. The molecule has 5 nitrogen and oxygen atoms in total. The van der Waals surface area contributed by atoms with Crippen LogP contribution in [0.1, 0.15) is 66.1 Å².